The number of carbonyl (C=O) groups excluding carboxylic acids is 1. The van der Waals surface area contributed by atoms with Gasteiger partial charge in [0, 0.05) is 43.6 Å². The third kappa shape index (κ3) is 3.36. The van der Waals surface area contributed by atoms with Gasteiger partial charge in [0.1, 0.15) is 11.4 Å². The summed E-state index contributed by atoms with van der Waals surface area (Å²) in [5, 5.41) is 10.9. The van der Waals surface area contributed by atoms with E-state index >= 15 is 0 Å². The lowest BCUT2D eigenvalue weighted by Gasteiger charge is -2.37. The molecular formula is C25H29N7O. The smallest absolute Gasteiger partial charge is 0.257 e. The minimum Gasteiger partial charge on any atom is -0.387 e. The molecule has 8 heteroatoms. The van der Waals surface area contributed by atoms with Crippen LogP contribution in [0.25, 0.3) is 27.7 Å². The topological polar surface area (TPSA) is 86.6 Å². The van der Waals surface area contributed by atoms with Crippen LogP contribution in [-0.2, 0) is 0 Å². The second kappa shape index (κ2) is 7.59. The minimum absolute atomic E-state index is 0.0853. The van der Waals surface area contributed by atoms with Crippen LogP contribution in [0.3, 0.4) is 0 Å². The van der Waals surface area contributed by atoms with E-state index in [-0.39, 0.29) is 11.9 Å². The quantitative estimate of drug-likeness (QED) is 0.449. The van der Waals surface area contributed by atoms with E-state index in [9.17, 15) is 4.79 Å². The summed E-state index contributed by atoms with van der Waals surface area (Å²) in [5.41, 5.74) is 4.59. The summed E-state index contributed by atoms with van der Waals surface area (Å²) in [6.07, 6.45) is 2.07. The van der Waals surface area contributed by atoms with Gasteiger partial charge in [-0.2, -0.15) is 0 Å². The Morgan fingerprint density at radius 2 is 1.79 bits per heavy atom. The molecule has 8 nitrogen and oxygen atoms in total. The Balaban J connectivity index is 1.63. The van der Waals surface area contributed by atoms with Crippen LogP contribution in [-0.4, -0.2) is 58.5 Å². The maximum Gasteiger partial charge on any atom is 0.257 e. The lowest BCUT2D eigenvalue weighted by Crippen LogP contribution is -2.54. The number of fused-ring (bicyclic) bond motifs is 5. The fraction of sp³-hybridized carbons (Fsp3) is 0.400. The van der Waals surface area contributed by atoms with Crippen molar-refractivity contribution in [1.82, 2.24) is 25.0 Å². The first kappa shape index (κ1) is 20.2. The molecule has 3 aromatic heterocycles. The fourth-order valence-electron chi connectivity index (χ4n) is 5.11. The molecule has 1 saturated carbocycles. The van der Waals surface area contributed by atoms with Crippen LogP contribution < -0.4 is 20.9 Å². The zero-order chi connectivity index (χ0) is 22.7. The average molecular weight is 444 g/mol. The fourth-order valence-corrected chi connectivity index (χ4v) is 5.11. The highest BCUT2D eigenvalue weighted by molar-refractivity contribution is 6.13. The van der Waals surface area contributed by atoms with Crippen molar-refractivity contribution in [3.8, 4) is 0 Å². The molecule has 0 spiro atoms. The van der Waals surface area contributed by atoms with Gasteiger partial charge in [-0.25, -0.2) is 9.97 Å². The minimum atomic E-state index is -0.0853. The number of rotatable bonds is 4. The maximum atomic E-state index is 13.4. The van der Waals surface area contributed by atoms with Crippen molar-refractivity contribution in [3.63, 3.8) is 0 Å². The van der Waals surface area contributed by atoms with Gasteiger partial charge in [0.15, 0.2) is 11.3 Å². The van der Waals surface area contributed by atoms with E-state index in [1.165, 1.54) is 0 Å². The molecule has 2 atom stereocenters. The molecule has 4 aromatic rings. The molecular weight excluding hydrogens is 414 g/mol. The molecule has 33 heavy (non-hydrogen) atoms. The number of nitrogens with zero attached hydrogens (tertiary/aromatic N) is 4. The van der Waals surface area contributed by atoms with Gasteiger partial charge in [0.05, 0.1) is 16.7 Å². The van der Waals surface area contributed by atoms with Gasteiger partial charge in [0.25, 0.3) is 5.91 Å². The lowest BCUT2D eigenvalue weighted by molar-refractivity contribution is 0.0953. The predicted octanol–water partition coefficient (Wildman–Crippen LogP) is 3.16. The Morgan fingerprint density at radius 3 is 2.52 bits per heavy atom. The van der Waals surface area contributed by atoms with Gasteiger partial charge in [-0.3, -0.25) is 9.20 Å². The Kier molecular flexibility index (Phi) is 4.65. The lowest BCUT2D eigenvalue weighted by atomic mass is 10.1. The van der Waals surface area contributed by atoms with Crippen molar-refractivity contribution >= 4 is 45.1 Å². The SMILES string of the molecule is CNc1c(C(=O)NC2CC2)c2nc3ccccc3n2c2nc(N3CC(C)N[C@H](C)C3)ccc12. The highest BCUT2D eigenvalue weighted by Crippen LogP contribution is 2.35. The molecule has 1 unspecified atom stereocenters. The Bertz CT molecular complexity index is 1380. The normalized spacial score (nSPS) is 21.1. The first-order chi connectivity index (χ1) is 16.0. The highest BCUT2D eigenvalue weighted by Gasteiger charge is 2.29. The summed E-state index contributed by atoms with van der Waals surface area (Å²) in [7, 11) is 1.86. The van der Waals surface area contributed by atoms with Crippen LogP contribution in [0.15, 0.2) is 36.4 Å². The molecule has 1 aromatic carbocycles. The Labute approximate surface area is 192 Å². The van der Waals surface area contributed by atoms with Gasteiger partial charge in [0.2, 0.25) is 0 Å². The summed E-state index contributed by atoms with van der Waals surface area (Å²) < 4.78 is 2.05. The molecule has 2 fully saturated rings. The number of para-hydroxylation sites is 2. The van der Waals surface area contributed by atoms with Crippen molar-refractivity contribution in [3.05, 3.63) is 42.0 Å². The van der Waals surface area contributed by atoms with Crippen LogP contribution in [0.4, 0.5) is 11.5 Å². The maximum absolute atomic E-state index is 13.4. The van der Waals surface area contributed by atoms with E-state index in [1.807, 2.05) is 35.7 Å². The van der Waals surface area contributed by atoms with Crippen LogP contribution in [0.5, 0.6) is 0 Å². The third-order valence-electron chi connectivity index (χ3n) is 6.65. The number of piperazine rings is 1. The molecule has 1 aliphatic heterocycles. The summed E-state index contributed by atoms with van der Waals surface area (Å²) in [6.45, 7) is 6.21. The molecule has 170 valence electrons. The molecule has 6 rings (SSSR count). The summed E-state index contributed by atoms with van der Waals surface area (Å²) in [6, 6.07) is 13.2. The van der Waals surface area contributed by atoms with Gasteiger partial charge in [-0.05, 0) is 51.0 Å². The van der Waals surface area contributed by atoms with Gasteiger partial charge < -0.3 is 20.9 Å². The van der Waals surface area contributed by atoms with Crippen molar-refractivity contribution < 1.29 is 4.79 Å². The summed E-state index contributed by atoms with van der Waals surface area (Å²) in [4.78, 5) is 25.7. The second-order valence-electron chi connectivity index (χ2n) is 9.42. The monoisotopic (exact) mass is 443 g/mol. The van der Waals surface area contributed by atoms with Gasteiger partial charge in [-0.1, -0.05) is 12.1 Å². The number of amides is 1. The van der Waals surface area contributed by atoms with Crippen LogP contribution in [0, 0.1) is 0 Å². The number of hydrogen-bond acceptors (Lipinski definition) is 6. The molecule has 2 aliphatic rings. The first-order valence-corrected chi connectivity index (χ1v) is 11.8. The number of imidazole rings is 1. The average Bonchev–Trinajstić information content (AvgIpc) is 3.53. The van der Waals surface area contributed by atoms with E-state index in [0.29, 0.717) is 23.3 Å². The Morgan fingerprint density at radius 1 is 1.03 bits per heavy atom. The molecule has 0 bridgehead atoms. The van der Waals surface area contributed by atoms with E-state index in [0.717, 1.165) is 59.5 Å². The second-order valence-corrected chi connectivity index (χ2v) is 9.42. The summed E-state index contributed by atoms with van der Waals surface area (Å²) in [5.74, 6) is 0.858. The van der Waals surface area contributed by atoms with Gasteiger partial charge >= 0.3 is 0 Å². The zero-order valence-electron chi connectivity index (χ0n) is 19.2. The molecule has 4 heterocycles. The number of carbonyl (C=O) groups is 1. The van der Waals surface area contributed by atoms with Crippen LogP contribution in [0.2, 0.25) is 0 Å². The zero-order valence-corrected chi connectivity index (χ0v) is 19.2. The molecule has 1 aliphatic carbocycles. The van der Waals surface area contributed by atoms with E-state index in [1.54, 1.807) is 0 Å². The van der Waals surface area contributed by atoms with Gasteiger partial charge in [-0.15, -0.1) is 0 Å². The van der Waals surface area contributed by atoms with Crippen LogP contribution >= 0.6 is 0 Å². The highest BCUT2D eigenvalue weighted by atomic mass is 16.1. The molecule has 0 radical (unpaired) electrons. The van der Waals surface area contributed by atoms with Crippen molar-refractivity contribution in [1.29, 1.82) is 0 Å². The number of hydrogen-bond donors (Lipinski definition) is 3. The largest absolute Gasteiger partial charge is 0.387 e. The number of aromatic nitrogens is 3. The van der Waals surface area contributed by atoms with Crippen molar-refractivity contribution in [2.75, 3.05) is 30.4 Å². The standard InChI is InChI=1S/C25H29N7O/c1-14-12-31(13-15(2)27-14)20-11-10-17-22(26-3)21(25(33)28-16-8-9-16)24-29-18-6-4-5-7-19(18)32(24)23(17)30-20/h4-7,10-11,14-16,26-27H,8-9,12-13H2,1-3H3,(H,28,33)/t14-,15?/m1/s1. The van der Waals surface area contributed by atoms with Crippen molar-refractivity contribution in [2.45, 2.75) is 44.8 Å². The number of nitrogens with one attached hydrogen (secondary N) is 3. The predicted molar refractivity (Wildman–Crippen MR) is 132 cm³/mol. The summed E-state index contributed by atoms with van der Waals surface area (Å²) >= 11 is 0. The first-order valence-electron chi connectivity index (χ1n) is 11.8. The number of pyridine rings is 2. The molecule has 1 amide bonds. The van der Waals surface area contributed by atoms with E-state index in [2.05, 4.69) is 46.8 Å². The van der Waals surface area contributed by atoms with E-state index in [4.69, 9.17) is 9.97 Å². The van der Waals surface area contributed by atoms with Crippen molar-refractivity contribution in [2.24, 2.45) is 0 Å². The Hall–Kier alpha value is -3.39. The number of anilines is 2. The van der Waals surface area contributed by atoms with E-state index < -0.39 is 0 Å². The van der Waals surface area contributed by atoms with Crippen LogP contribution in [0.1, 0.15) is 37.0 Å². The number of benzene rings is 1. The third-order valence-corrected chi connectivity index (χ3v) is 6.65. The molecule has 3 N–H and O–H groups in total. The molecule has 1 saturated heterocycles.